The second kappa shape index (κ2) is 6.16. The van der Waals surface area contributed by atoms with E-state index >= 15 is 0 Å². The van der Waals surface area contributed by atoms with E-state index in [1.165, 1.54) is 12.8 Å². The van der Waals surface area contributed by atoms with Crippen molar-refractivity contribution in [1.29, 1.82) is 0 Å². The van der Waals surface area contributed by atoms with Gasteiger partial charge in [-0.3, -0.25) is 0 Å². The Morgan fingerprint density at radius 1 is 1.50 bits per heavy atom. The number of hydrogen-bond donors (Lipinski definition) is 1. The Hall–Kier alpha value is -1.13. The monoisotopic (exact) mass is 264 g/mol. The predicted molar refractivity (Wildman–Crippen MR) is 79.2 cm³/mol. The summed E-state index contributed by atoms with van der Waals surface area (Å²) in [4.78, 5) is 2.66. The standard InChI is InChI=1S/C14H20N2OS/c1-16(9-8-11-5-4-10-17-11)13-7-3-2-6-12(13)14(15)18/h2-3,6-7,11H,4-5,8-10H2,1H3,(H2,15,18). The molecule has 18 heavy (non-hydrogen) atoms. The smallest absolute Gasteiger partial charge is 0.106 e. The van der Waals surface area contributed by atoms with Crippen molar-refractivity contribution in [1.82, 2.24) is 0 Å². The Morgan fingerprint density at radius 3 is 2.94 bits per heavy atom. The molecule has 0 aromatic heterocycles. The van der Waals surface area contributed by atoms with Crippen LogP contribution < -0.4 is 10.6 Å². The first-order valence-corrected chi connectivity index (χ1v) is 6.81. The van der Waals surface area contributed by atoms with Crippen LogP contribution in [0.25, 0.3) is 0 Å². The van der Waals surface area contributed by atoms with E-state index in [-0.39, 0.29) is 0 Å². The Kier molecular flexibility index (Phi) is 4.55. The summed E-state index contributed by atoms with van der Waals surface area (Å²) >= 11 is 5.09. The average Bonchev–Trinajstić information content (AvgIpc) is 2.89. The first kappa shape index (κ1) is 13.3. The van der Waals surface area contributed by atoms with Crippen molar-refractivity contribution in [2.75, 3.05) is 25.1 Å². The molecule has 1 heterocycles. The van der Waals surface area contributed by atoms with Crippen LogP contribution in [0.2, 0.25) is 0 Å². The van der Waals surface area contributed by atoms with Gasteiger partial charge in [-0.05, 0) is 31.4 Å². The highest BCUT2D eigenvalue weighted by molar-refractivity contribution is 7.80. The van der Waals surface area contributed by atoms with Gasteiger partial charge in [-0.2, -0.15) is 0 Å². The topological polar surface area (TPSA) is 38.5 Å². The number of nitrogens with two attached hydrogens (primary N) is 1. The van der Waals surface area contributed by atoms with Crippen LogP contribution in [-0.4, -0.2) is 31.3 Å². The largest absolute Gasteiger partial charge is 0.389 e. The lowest BCUT2D eigenvalue weighted by atomic mass is 10.1. The van der Waals surface area contributed by atoms with Crippen LogP contribution in [-0.2, 0) is 4.74 Å². The summed E-state index contributed by atoms with van der Waals surface area (Å²) in [7, 11) is 2.08. The lowest BCUT2D eigenvalue weighted by Gasteiger charge is -2.23. The summed E-state index contributed by atoms with van der Waals surface area (Å²) in [5, 5.41) is 0. The highest BCUT2D eigenvalue weighted by Crippen LogP contribution is 2.21. The summed E-state index contributed by atoms with van der Waals surface area (Å²) < 4.78 is 5.64. The molecule has 0 saturated carbocycles. The molecule has 2 rings (SSSR count). The van der Waals surface area contributed by atoms with Crippen LogP contribution >= 0.6 is 12.2 Å². The van der Waals surface area contributed by atoms with Crippen molar-refractivity contribution in [3.63, 3.8) is 0 Å². The number of nitrogens with zero attached hydrogens (tertiary/aromatic N) is 1. The zero-order chi connectivity index (χ0) is 13.0. The molecular formula is C14H20N2OS. The summed E-state index contributed by atoms with van der Waals surface area (Å²) in [6, 6.07) is 8.01. The number of thiocarbonyl (C=S) groups is 1. The summed E-state index contributed by atoms with van der Waals surface area (Å²) in [5.74, 6) is 0. The number of para-hydroxylation sites is 1. The van der Waals surface area contributed by atoms with E-state index in [1.54, 1.807) is 0 Å². The molecule has 3 nitrogen and oxygen atoms in total. The van der Waals surface area contributed by atoms with Gasteiger partial charge in [0.05, 0.1) is 6.10 Å². The van der Waals surface area contributed by atoms with E-state index in [1.807, 2.05) is 18.2 Å². The molecule has 0 radical (unpaired) electrons. The van der Waals surface area contributed by atoms with Crippen LogP contribution in [0.15, 0.2) is 24.3 Å². The molecule has 2 N–H and O–H groups in total. The first-order valence-electron chi connectivity index (χ1n) is 6.40. The van der Waals surface area contributed by atoms with Gasteiger partial charge in [-0.25, -0.2) is 0 Å². The van der Waals surface area contributed by atoms with Gasteiger partial charge in [0.25, 0.3) is 0 Å². The number of benzene rings is 1. The van der Waals surface area contributed by atoms with Gasteiger partial charge >= 0.3 is 0 Å². The van der Waals surface area contributed by atoms with E-state index in [2.05, 4.69) is 18.0 Å². The van der Waals surface area contributed by atoms with E-state index < -0.39 is 0 Å². The van der Waals surface area contributed by atoms with Crippen molar-refractivity contribution in [3.05, 3.63) is 29.8 Å². The maximum absolute atomic E-state index is 5.75. The molecule has 1 aromatic rings. The third kappa shape index (κ3) is 3.21. The van der Waals surface area contributed by atoms with Crippen LogP contribution in [0.5, 0.6) is 0 Å². The molecule has 4 heteroatoms. The van der Waals surface area contributed by atoms with Crippen molar-refractivity contribution in [2.45, 2.75) is 25.4 Å². The molecule has 1 unspecified atom stereocenters. The van der Waals surface area contributed by atoms with E-state index in [4.69, 9.17) is 22.7 Å². The Bertz CT molecular complexity index is 416. The predicted octanol–water partition coefficient (Wildman–Crippen LogP) is 2.33. The summed E-state index contributed by atoms with van der Waals surface area (Å²) in [5.41, 5.74) is 7.80. The molecule has 1 fully saturated rings. The van der Waals surface area contributed by atoms with E-state index in [0.717, 1.165) is 30.8 Å². The minimum Gasteiger partial charge on any atom is -0.389 e. The lowest BCUT2D eigenvalue weighted by Crippen LogP contribution is -2.25. The highest BCUT2D eigenvalue weighted by atomic mass is 32.1. The number of hydrogen-bond acceptors (Lipinski definition) is 3. The lowest BCUT2D eigenvalue weighted by molar-refractivity contribution is 0.106. The normalized spacial score (nSPS) is 18.8. The van der Waals surface area contributed by atoms with Crippen molar-refractivity contribution >= 4 is 22.9 Å². The second-order valence-corrected chi connectivity index (χ2v) is 5.17. The third-order valence-electron chi connectivity index (χ3n) is 3.39. The van der Waals surface area contributed by atoms with Crippen molar-refractivity contribution < 1.29 is 4.74 Å². The van der Waals surface area contributed by atoms with Gasteiger partial charge in [0.2, 0.25) is 0 Å². The molecule has 1 aliphatic rings. The quantitative estimate of drug-likeness (QED) is 0.828. The molecule has 1 aromatic carbocycles. The fraction of sp³-hybridized carbons (Fsp3) is 0.500. The minimum atomic E-state index is 0.421. The molecule has 1 saturated heterocycles. The maximum Gasteiger partial charge on any atom is 0.106 e. The van der Waals surface area contributed by atoms with Gasteiger partial charge in [0.1, 0.15) is 4.99 Å². The molecule has 98 valence electrons. The van der Waals surface area contributed by atoms with Crippen LogP contribution in [0.1, 0.15) is 24.8 Å². The highest BCUT2D eigenvalue weighted by Gasteiger charge is 2.16. The third-order valence-corrected chi connectivity index (χ3v) is 3.61. The van der Waals surface area contributed by atoms with Gasteiger partial charge in [0.15, 0.2) is 0 Å². The molecule has 0 bridgehead atoms. The van der Waals surface area contributed by atoms with Gasteiger partial charge in [-0.15, -0.1) is 0 Å². The molecule has 0 amide bonds. The van der Waals surface area contributed by atoms with Gasteiger partial charge < -0.3 is 15.4 Å². The fourth-order valence-electron chi connectivity index (χ4n) is 2.34. The van der Waals surface area contributed by atoms with Gasteiger partial charge in [-0.1, -0.05) is 24.4 Å². The van der Waals surface area contributed by atoms with E-state index in [0.29, 0.717) is 11.1 Å². The molecule has 0 spiro atoms. The summed E-state index contributed by atoms with van der Waals surface area (Å²) in [6.45, 7) is 1.88. The number of rotatable bonds is 5. The molecule has 0 aliphatic carbocycles. The minimum absolute atomic E-state index is 0.421. The fourth-order valence-corrected chi connectivity index (χ4v) is 2.52. The maximum atomic E-state index is 5.75. The van der Waals surface area contributed by atoms with Crippen LogP contribution in [0.3, 0.4) is 0 Å². The second-order valence-electron chi connectivity index (χ2n) is 4.73. The van der Waals surface area contributed by atoms with Crippen LogP contribution in [0, 0.1) is 0 Å². The van der Waals surface area contributed by atoms with Crippen molar-refractivity contribution in [3.8, 4) is 0 Å². The Balaban J connectivity index is 1.99. The Labute approximate surface area is 114 Å². The summed E-state index contributed by atoms with van der Waals surface area (Å²) in [6.07, 6.45) is 3.86. The average molecular weight is 264 g/mol. The molecular weight excluding hydrogens is 244 g/mol. The number of anilines is 1. The van der Waals surface area contributed by atoms with Crippen LogP contribution in [0.4, 0.5) is 5.69 Å². The van der Waals surface area contributed by atoms with Gasteiger partial charge in [0, 0.05) is 31.5 Å². The number of ether oxygens (including phenoxy) is 1. The zero-order valence-corrected chi connectivity index (χ0v) is 11.6. The SMILES string of the molecule is CN(CCC1CCCO1)c1ccccc1C(N)=S. The first-order chi connectivity index (χ1) is 8.68. The zero-order valence-electron chi connectivity index (χ0n) is 10.8. The molecule has 1 atom stereocenters. The Morgan fingerprint density at radius 2 is 2.28 bits per heavy atom. The molecule has 1 aliphatic heterocycles. The van der Waals surface area contributed by atoms with E-state index in [9.17, 15) is 0 Å². The van der Waals surface area contributed by atoms with Crippen molar-refractivity contribution in [2.24, 2.45) is 5.73 Å².